The summed E-state index contributed by atoms with van der Waals surface area (Å²) in [7, 11) is -3.55. The summed E-state index contributed by atoms with van der Waals surface area (Å²) in [5.74, 6) is 0.300. The van der Waals surface area contributed by atoms with Crippen molar-refractivity contribution in [3.8, 4) is 0 Å². The van der Waals surface area contributed by atoms with Crippen molar-refractivity contribution in [2.24, 2.45) is 17.6 Å². The normalized spacial score (nSPS) is 28.5. The zero-order valence-corrected chi connectivity index (χ0v) is 14.4. The molecule has 7 heteroatoms. The third-order valence-corrected chi connectivity index (χ3v) is 6.74. The summed E-state index contributed by atoms with van der Waals surface area (Å²) >= 11 is 0. The Labute approximate surface area is 137 Å². The smallest absolute Gasteiger partial charge is 0.243 e. The first kappa shape index (κ1) is 17.7. The van der Waals surface area contributed by atoms with Gasteiger partial charge in [-0.25, -0.2) is 12.8 Å². The molecular formula is C15H22ClFN2O2S. The minimum Gasteiger partial charge on any atom is -0.327 e. The van der Waals surface area contributed by atoms with E-state index < -0.39 is 10.0 Å². The van der Waals surface area contributed by atoms with Crippen LogP contribution in [0.25, 0.3) is 0 Å². The van der Waals surface area contributed by atoms with Crippen molar-refractivity contribution in [3.63, 3.8) is 0 Å². The van der Waals surface area contributed by atoms with Crippen LogP contribution < -0.4 is 5.73 Å². The monoisotopic (exact) mass is 348 g/mol. The highest BCUT2D eigenvalue weighted by atomic mass is 35.5. The fourth-order valence-corrected chi connectivity index (χ4v) is 5.37. The Bertz CT molecular complexity index is 657. The van der Waals surface area contributed by atoms with Gasteiger partial charge in [-0.2, -0.15) is 4.31 Å². The highest BCUT2D eigenvalue weighted by Crippen LogP contribution is 2.39. The van der Waals surface area contributed by atoms with Crippen molar-refractivity contribution in [1.82, 2.24) is 4.31 Å². The van der Waals surface area contributed by atoms with Crippen LogP contribution in [0.3, 0.4) is 0 Å². The molecule has 0 amide bonds. The molecule has 0 spiro atoms. The van der Waals surface area contributed by atoms with Crippen molar-refractivity contribution in [2.45, 2.75) is 37.6 Å². The molecule has 1 aliphatic carbocycles. The Morgan fingerprint density at radius 3 is 2.32 bits per heavy atom. The number of sulfonamides is 1. The summed E-state index contributed by atoms with van der Waals surface area (Å²) in [5, 5.41) is 0. The van der Waals surface area contributed by atoms with Crippen molar-refractivity contribution in [1.29, 1.82) is 0 Å². The SMILES string of the molecule is Cc1cc(S(=O)(=O)N2CC3CCC(N)C3C2)cc(C)c1F.Cl. The molecule has 3 rings (SSSR count). The Kier molecular flexibility index (Phi) is 4.88. The quantitative estimate of drug-likeness (QED) is 0.891. The minimum atomic E-state index is -3.55. The molecule has 0 radical (unpaired) electrons. The van der Waals surface area contributed by atoms with Crippen LogP contribution in [-0.4, -0.2) is 31.9 Å². The Hall–Kier alpha value is -0.690. The van der Waals surface area contributed by atoms with Crippen molar-refractivity contribution in [2.75, 3.05) is 13.1 Å². The van der Waals surface area contributed by atoms with Crippen LogP contribution in [0.4, 0.5) is 4.39 Å². The Balaban J connectivity index is 0.00000176. The highest BCUT2D eigenvalue weighted by Gasteiger charge is 2.45. The van der Waals surface area contributed by atoms with Crippen LogP contribution in [0.2, 0.25) is 0 Å². The minimum absolute atomic E-state index is 0. The summed E-state index contributed by atoms with van der Waals surface area (Å²) in [5.41, 5.74) is 6.79. The lowest BCUT2D eigenvalue weighted by Crippen LogP contribution is -2.33. The van der Waals surface area contributed by atoms with Gasteiger partial charge in [-0.1, -0.05) is 0 Å². The molecule has 2 fully saturated rings. The highest BCUT2D eigenvalue weighted by molar-refractivity contribution is 7.89. The molecule has 124 valence electrons. The van der Waals surface area contributed by atoms with Gasteiger partial charge in [0.15, 0.2) is 0 Å². The molecule has 1 aliphatic heterocycles. The molecule has 1 saturated carbocycles. The molecule has 0 bridgehead atoms. The van der Waals surface area contributed by atoms with E-state index in [-0.39, 0.29) is 35.1 Å². The fraction of sp³-hybridized carbons (Fsp3) is 0.600. The predicted octanol–water partition coefficient (Wildman–Crippen LogP) is 2.22. The van der Waals surface area contributed by atoms with Gasteiger partial charge in [0, 0.05) is 19.1 Å². The summed E-state index contributed by atoms with van der Waals surface area (Å²) < 4.78 is 40.7. The third-order valence-electron chi connectivity index (χ3n) is 4.93. The molecule has 1 heterocycles. The maximum atomic E-state index is 13.7. The summed E-state index contributed by atoms with van der Waals surface area (Å²) in [4.78, 5) is 0.187. The number of benzene rings is 1. The van der Waals surface area contributed by atoms with E-state index in [9.17, 15) is 12.8 Å². The second-order valence-electron chi connectivity index (χ2n) is 6.36. The summed E-state index contributed by atoms with van der Waals surface area (Å²) in [6.07, 6.45) is 1.98. The van der Waals surface area contributed by atoms with Crippen molar-refractivity contribution >= 4 is 22.4 Å². The van der Waals surface area contributed by atoms with Gasteiger partial charge in [0.05, 0.1) is 4.90 Å². The number of hydrogen-bond donors (Lipinski definition) is 1. The predicted molar refractivity (Wildman–Crippen MR) is 86.1 cm³/mol. The van der Waals surface area contributed by atoms with Gasteiger partial charge in [-0.05, 0) is 61.8 Å². The van der Waals surface area contributed by atoms with E-state index in [0.717, 1.165) is 12.8 Å². The van der Waals surface area contributed by atoms with Gasteiger partial charge >= 0.3 is 0 Å². The fourth-order valence-electron chi connectivity index (χ4n) is 3.67. The van der Waals surface area contributed by atoms with Gasteiger partial charge in [-0.3, -0.25) is 0 Å². The number of hydrogen-bond acceptors (Lipinski definition) is 3. The number of fused-ring (bicyclic) bond motifs is 1. The van der Waals surface area contributed by atoms with E-state index in [2.05, 4.69) is 0 Å². The van der Waals surface area contributed by atoms with Crippen LogP contribution in [-0.2, 0) is 10.0 Å². The first-order valence-corrected chi connectivity index (χ1v) is 8.77. The maximum absolute atomic E-state index is 13.7. The van der Waals surface area contributed by atoms with Crippen molar-refractivity contribution < 1.29 is 12.8 Å². The third kappa shape index (κ3) is 2.77. The lowest BCUT2D eigenvalue weighted by atomic mass is 9.98. The standard InChI is InChI=1S/C15H21FN2O2S.ClH/c1-9-5-12(6-10(2)15(9)16)21(19,20)18-7-11-3-4-14(17)13(11)8-18;/h5-6,11,13-14H,3-4,7-8,17H2,1-2H3;1H. The largest absolute Gasteiger partial charge is 0.327 e. The molecule has 3 unspecified atom stereocenters. The number of halogens is 2. The zero-order chi connectivity index (χ0) is 15.4. The molecule has 1 saturated heterocycles. The molecule has 4 nitrogen and oxygen atoms in total. The molecule has 2 N–H and O–H groups in total. The maximum Gasteiger partial charge on any atom is 0.243 e. The van der Waals surface area contributed by atoms with Gasteiger partial charge in [-0.15, -0.1) is 12.4 Å². The van der Waals surface area contributed by atoms with Gasteiger partial charge in [0.25, 0.3) is 0 Å². The van der Waals surface area contributed by atoms with Crippen molar-refractivity contribution in [3.05, 3.63) is 29.1 Å². The molecular weight excluding hydrogens is 327 g/mol. The van der Waals surface area contributed by atoms with Gasteiger partial charge in [0.2, 0.25) is 10.0 Å². The number of rotatable bonds is 2. The lowest BCUT2D eigenvalue weighted by molar-refractivity contribution is 0.427. The van der Waals surface area contributed by atoms with E-state index in [1.165, 1.54) is 16.4 Å². The first-order valence-electron chi connectivity index (χ1n) is 7.33. The lowest BCUT2D eigenvalue weighted by Gasteiger charge is -2.19. The Morgan fingerprint density at radius 1 is 1.18 bits per heavy atom. The van der Waals surface area contributed by atoms with Gasteiger partial charge < -0.3 is 5.73 Å². The van der Waals surface area contributed by atoms with E-state index >= 15 is 0 Å². The summed E-state index contributed by atoms with van der Waals surface area (Å²) in [6, 6.07) is 2.95. The number of aryl methyl sites for hydroxylation is 2. The Morgan fingerprint density at radius 2 is 1.77 bits per heavy atom. The van der Waals surface area contributed by atoms with Crippen LogP contribution in [0.15, 0.2) is 17.0 Å². The molecule has 1 aromatic carbocycles. The average molecular weight is 349 g/mol. The molecule has 3 atom stereocenters. The number of nitrogens with two attached hydrogens (primary N) is 1. The second-order valence-corrected chi connectivity index (χ2v) is 8.30. The average Bonchev–Trinajstić information content (AvgIpc) is 2.98. The molecule has 2 aliphatic rings. The van der Waals surface area contributed by atoms with E-state index in [1.54, 1.807) is 13.8 Å². The van der Waals surface area contributed by atoms with Crippen LogP contribution in [0.1, 0.15) is 24.0 Å². The summed E-state index contributed by atoms with van der Waals surface area (Å²) in [6.45, 7) is 4.21. The van der Waals surface area contributed by atoms with Crippen LogP contribution in [0.5, 0.6) is 0 Å². The molecule has 1 aromatic rings. The van der Waals surface area contributed by atoms with Gasteiger partial charge in [0.1, 0.15) is 5.82 Å². The zero-order valence-electron chi connectivity index (χ0n) is 12.8. The van der Waals surface area contributed by atoms with Crippen LogP contribution >= 0.6 is 12.4 Å². The number of nitrogens with zero attached hydrogens (tertiary/aromatic N) is 1. The second kappa shape index (κ2) is 6.07. The topological polar surface area (TPSA) is 63.4 Å². The molecule has 0 aromatic heterocycles. The van der Waals surface area contributed by atoms with Crippen LogP contribution in [0, 0.1) is 31.5 Å². The molecule has 22 heavy (non-hydrogen) atoms. The van der Waals surface area contributed by atoms with E-state index in [0.29, 0.717) is 30.1 Å². The van der Waals surface area contributed by atoms with E-state index in [1.807, 2.05) is 0 Å². The van der Waals surface area contributed by atoms with E-state index in [4.69, 9.17) is 5.73 Å². The first-order chi connectivity index (χ1) is 9.80.